The fourth-order valence-electron chi connectivity index (χ4n) is 3.93. The number of rotatable bonds is 3. The smallest absolute Gasteiger partial charge is 0.314 e. The summed E-state index contributed by atoms with van der Waals surface area (Å²) >= 11 is 0. The number of piperazine rings is 1. The number of pyridine rings is 2. The summed E-state index contributed by atoms with van der Waals surface area (Å²) in [6.45, 7) is 4.71. The second-order valence-corrected chi connectivity index (χ2v) is 7.69. The van der Waals surface area contributed by atoms with Crippen molar-refractivity contribution >= 4 is 22.9 Å². The van der Waals surface area contributed by atoms with Crippen molar-refractivity contribution in [3.8, 4) is 17.1 Å². The number of benzene rings is 1. The molecule has 1 fully saturated rings. The quantitative estimate of drug-likeness (QED) is 0.557. The van der Waals surface area contributed by atoms with E-state index in [4.69, 9.17) is 10.7 Å². The summed E-state index contributed by atoms with van der Waals surface area (Å²) in [6.07, 6.45) is 5.45. The Morgan fingerprint density at radius 1 is 0.968 bits per heavy atom. The monoisotopic (exact) mass is 413 g/mol. The van der Waals surface area contributed by atoms with E-state index in [1.807, 2.05) is 30.6 Å². The minimum atomic E-state index is -0.368. The molecule has 2 N–H and O–H groups in total. The predicted molar refractivity (Wildman–Crippen MR) is 120 cm³/mol. The van der Waals surface area contributed by atoms with Crippen LogP contribution < -0.4 is 10.6 Å². The third-order valence-electron chi connectivity index (χ3n) is 5.67. The molecular weight excluding hydrogens is 390 g/mol. The first-order valence-corrected chi connectivity index (χ1v) is 10.3. The molecule has 8 nitrogen and oxygen atoms in total. The fourth-order valence-corrected chi connectivity index (χ4v) is 3.93. The number of aromatic nitrogens is 4. The van der Waals surface area contributed by atoms with Crippen molar-refractivity contribution in [1.29, 1.82) is 0 Å². The van der Waals surface area contributed by atoms with Gasteiger partial charge in [0, 0.05) is 49.8 Å². The molecule has 8 heteroatoms. The molecule has 0 bridgehead atoms. The van der Waals surface area contributed by atoms with E-state index in [1.54, 1.807) is 11.1 Å². The Kier molecular flexibility index (Phi) is 4.74. The zero-order valence-corrected chi connectivity index (χ0v) is 17.3. The van der Waals surface area contributed by atoms with Crippen LogP contribution in [0.25, 0.3) is 28.1 Å². The first kappa shape index (κ1) is 19.0. The Labute approximate surface area is 180 Å². The van der Waals surface area contributed by atoms with Gasteiger partial charge in [-0.05, 0) is 37.3 Å². The van der Waals surface area contributed by atoms with Crippen molar-refractivity contribution in [2.75, 3.05) is 31.1 Å². The highest BCUT2D eigenvalue weighted by Gasteiger charge is 2.21. The van der Waals surface area contributed by atoms with Gasteiger partial charge in [-0.15, -0.1) is 0 Å². The van der Waals surface area contributed by atoms with E-state index in [2.05, 4.69) is 50.6 Å². The van der Waals surface area contributed by atoms with Crippen LogP contribution in [0.4, 0.5) is 10.6 Å². The summed E-state index contributed by atoms with van der Waals surface area (Å²) in [5.74, 6) is 1.71. The summed E-state index contributed by atoms with van der Waals surface area (Å²) in [4.78, 5) is 29.0. The molecule has 1 saturated heterocycles. The lowest BCUT2D eigenvalue weighted by molar-refractivity contribution is 0.204. The molecule has 2 amide bonds. The molecule has 1 aliphatic heterocycles. The van der Waals surface area contributed by atoms with Gasteiger partial charge in [-0.2, -0.15) is 0 Å². The third kappa shape index (κ3) is 3.56. The molecule has 4 aromatic rings. The number of fused-ring (bicyclic) bond motifs is 1. The molecule has 31 heavy (non-hydrogen) atoms. The highest BCUT2D eigenvalue weighted by molar-refractivity contribution is 5.82. The van der Waals surface area contributed by atoms with Crippen molar-refractivity contribution < 1.29 is 4.79 Å². The van der Waals surface area contributed by atoms with E-state index in [0.29, 0.717) is 26.2 Å². The van der Waals surface area contributed by atoms with Crippen molar-refractivity contribution in [1.82, 2.24) is 24.4 Å². The number of hydrogen-bond acceptors (Lipinski definition) is 5. The van der Waals surface area contributed by atoms with Crippen LogP contribution >= 0.6 is 0 Å². The zero-order chi connectivity index (χ0) is 21.4. The Morgan fingerprint density at radius 3 is 2.42 bits per heavy atom. The molecule has 5 rings (SSSR count). The van der Waals surface area contributed by atoms with Crippen molar-refractivity contribution in [3.63, 3.8) is 0 Å². The van der Waals surface area contributed by atoms with Gasteiger partial charge >= 0.3 is 6.03 Å². The number of anilines is 1. The third-order valence-corrected chi connectivity index (χ3v) is 5.67. The minimum absolute atomic E-state index is 0.368. The molecule has 156 valence electrons. The van der Waals surface area contributed by atoms with Crippen molar-refractivity contribution in [3.05, 3.63) is 66.6 Å². The minimum Gasteiger partial charge on any atom is -0.353 e. The SMILES string of the molecule is Cc1ccc(-n2c(-c3ccc(N4CCN(C(N)=O)CC4)nc3)nc3ccncc32)cc1. The number of carbonyl (C=O) groups is 1. The van der Waals surface area contributed by atoms with E-state index in [9.17, 15) is 4.79 Å². The Balaban J connectivity index is 1.49. The maximum absolute atomic E-state index is 11.3. The van der Waals surface area contributed by atoms with E-state index in [0.717, 1.165) is 33.9 Å². The number of aryl methyl sites for hydroxylation is 1. The van der Waals surface area contributed by atoms with Crippen LogP contribution in [0.3, 0.4) is 0 Å². The van der Waals surface area contributed by atoms with Crippen LogP contribution in [0, 0.1) is 6.92 Å². The average molecular weight is 413 g/mol. The van der Waals surface area contributed by atoms with Gasteiger partial charge in [-0.1, -0.05) is 17.7 Å². The molecule has 0 unspecified atom stereocenters. The summed E-state index contributed by atoms with van der Waals surface area (Å²) in [7, 11) is 0. The maximum Gasteiger partial charge on any atom is 0.314 e. The lowest BCUT2D eigenvalue weighted by atomic mass is 10.2. The second kappa shape index (κ2) is 7.71. The number of amides is 2. The van der Waals surface area contributed by atoms with Crippen LogP contribution in [0.5, 0.6) is 0 Å². The van der Waals surface area contributed by atoms with Gasteiger partial charge < -0.3 is 15.5 Å². The lowest BCUT2D eigenvalue weighted by Crippen LogP contribution is -2.50. The molecule has 3 aromatic heterocycles. The van der Waals surface area contributed by atoms with Crippen LogP contribution in [-0.2, 0) is 0 Å². The number of urea groups is 1. The average Bonchev–Trinajstić information content (AvgIpc) is 3.19. The molecule has 1 aliphatic rings. The second-order valence-electron chi connectivity index (χ2n) is 7.69. The molecular formula is C23H23N7O. The van der Waals surface area contributed by atoms with E-state index >= 15 is 0 Å². The predicted octanol–water partition coefficient (Wildman–Crippen LogP) is 2.99. The van der Waals surface area contributed by atoms with Gasteiger partial charge in [0.15, 0.2) is 0 Å². The van der Waals surface area contributed by atoms with E-state index in [-0.39, 0.29) is 6.03 Å². The maximum atomic E-state index is 11.3. The van der Waals surface area contributed by atoms with Gasteiger partial charge in [0.05, 0.1) is 17.2 Å². The molecule has 0 aliphatic carbocycles. The molecule has 0 spiro atoms. The molecule has 1 aromatic carbocycles. The summed E-state index contributed by atoms with van der Waals surface area (Å²) in [5, 5.41) is 0. The van der Waals surface area contributed by atoms with E-state index in [1.165, 1.54) is 5.56 Å². The summed E-state index contributed by atoms with van der Waals surface area (Å²) in [5.41, 5.74) is 10.4. The summed E-state index contributed by atoms with van der Waals surface area (Å²) in [6, 6.07) is 14.0. The first-order valence-electron chi connectivity index (χ1n) is 10.3. The van der Waals surface area contributed by atoms with Gasteiger partial charge in [0.25, 0.3) is 0 Å². The normalized spacial score (nSPS) is 14.2. The van der Waals surface area contributed by atoms with Gasteiger partial charge in [0.1, 0.15) is 11.6 Å². The largest absolute Gasteiger partial charge is 0.353 e. The molecule has 4 heterocycles. The van der Waals surface area contributed by atoms with E-state index < -0.39 is 0 Å². The van der Waals surface area contributed by atoms with Crippen LogP contribution in [-0.4, -0.2) is 56.6 Å². The Hall–Kier alpha value is -3.94. The Morgan fingerprint density at radius 2 is 1.74 bits per heavy atom. The number of hydrogen-bond donors (Lipinski definition) is 1. The van der Waals surface area contributed by atoms with Crippen LogP contribution in [0.2, 0.25) is 0 Å². The zero-order valence-electron chi connectivity index (χ0n) is 17.3. The highest BCUT2D eigenvalue weighted by atomic mass is 16.2. The lowest BCUT2D eigenvalue weighted by Gasteiger charge is -2.34. The Bertz CT molecular complexity index is 1220. The van der Waals surface area contributed by atoms with Crippen LogP contribution in [0.1, 0.15) is 5.56 Å². The number of nitrogens with two attached hydrogens (primary N) is 1. The highest BCUT2D eigenvalue weighted by Crippen LogP contribution is 2.29. The topological polar surface area (TPSA) is 93.2 Å². The molecule has 0 saturated carbocycles. The standard InChI is InChI=1S/C23H23N7O/c1-16-2-5-18(6-3-16)30-20-15-25-9-8-19(20)27-22(30)17-4-7-21(26-14-17)28-10-12-29(13-11-28)23(24)31/h2-9,14-15H,10-13H2,1H3,(H2,24,31). The number of primary amides is 1. The molecule has 0 radical (unpaired) electrons. The van der Waals surface area contributed by atoms with Gasteiger partial charge in [-0.25, -0.2) is 14.8 Å². The fraction of sp³-hybridized carbons (Fsp3) is 0.217. The molecule has 0 atom stereocenters. The number of carbonyl (C=O) groups excluding carboxylic acids is 1. The number of nitrogens with zero attached hydrogens (tertiary/aromatic N) is 6. The number of imidazole rings is 1. The van der Waals surface area contributed by atoms with Gasteiger partial charge in [-0.3, -0.25) is 9.55 Å². The first-order chi connectivity index (χ1) is 15.1. The van der Waals surface area contributed by atoms with Crippen molar-refractivity contribution in [2.24, 2.45) is 5.73 Å². The van der Waals surface area contributed by atoms with Crippen molar-refractivity contribution in [2.45, 2.75) is 6.92 Å². The van der Waals surface area contributed by atoms with Crippen LogP contribution in [0.15, 0.2) is 61.1 Å². The summed E-state index contributed by atoms with van der Waals surface area (Å²) < 4.78 is 2.12. The van der Waals surface area contributed by atoms with Gasteiger partial charge in [0.2, 0.25) is 0 Å².